The molecule has 0 heterocycles. The second-order valence-corrected chi connectivity index (χ2v) is 6.64. The monoisotopic (exact) mass is 337 g/mol. The number of Topliss-reactive ketones (excluding diaryl/α,β-unsaturated/α-hetero) is 1. The number of hydrogen-bond acceptors (Lipinski definition) is 4. The minimum absolute atomic E-state index is 0.0146. The topological polar surface area (TPSA) is 72.5 Å². The van der Waals surface area contributed by atoms with Crippen LogP contribution in [-0.2, 0) is 16.6 Å². The van der Waals surface area contributed by atoms with Gasteiger partial charge in [0.25, 0.3) is 0 Å². The molecule has 0 bridgehead atoms. The van der Waals surface area contributed by atoms with Gasteiger partial charge in [-0.2, -0.15) is 0 Å². The van der Waals surface area contributed by atoms with Gasteiger partial charge in [0.15, 0.2) is 17.3 Å². The maximum atomic E-state index is 13.6. The molecule has 0 aliphatic rings. The van der Waals surface area contributed by atoms with Crippen molar-refractivity contribution in [2.75, 3.05) is 7.11 Å². The number of methoxy groups -OCH3 is 1. The highest BCUT2D eigenvalue weighted by Crippen LogP contribution is 2.18. The summed E-state index contributed by atoms with van der Waals surface area (Å²) in [5, 5.41) is 0. The summed E-state index contributed by atoms with van der Waals surface area (Å²) in [6, 6.07) is 9.93. The van der Waals surface area contributed by atoms with E-state index in [4.69, 9.17) is 4.74 Å². The second-order valence-electron chi connectivity index (χ2n) is 4.88. The predicted molar refractivity (Wildman–Crippen MR) is 83.4 cm³/mol. The van der Waals surface area contributed by atoms with Crippen LogP contribution >= 0.6 is 0 Å². The maximum absolute atomic E-state index is 13.6. The Morgan fingerprint density at radius 2 is 1.96 bits per heavy atom. The van der Waals surface area contributed by atoms with E-state index in [-0.39, 0.29) is 23.0 Å². The Hall–Kier alpha value is -2.25. The van der Waals surface area contributed by atoms with Crippen molar-refractivity contribution in [3.8, 4) is 5.75 Å². The lowest BCUT2D eigenvalue weighted by molar-refractivity contribution is 0.101. The molecule has 0 aromatic heterocycles. The van der Waals surface area contributed by atoms with Crippen LogP contribution in [0.25, 0.3) is 0 Å². The molecule has 5 nitrogen and oxygen atoms in total. The van der Waals surface area contributed by atoms with Crippen LogP contribution in [0.15, 0.2) is 47.4 Å². The van der Waals surface area contributed by atoms with Gasteiger partial charge in [-0.25, -0.2) is 17.5 Å². The van der Waals surface area contributed by atoms with Gasteiger partial charge in [0.05, 0.1) is 12.0 Å². The Morgan fingerprint density at radius 1 is 1.22 bits per heavy atom. The first-order valence-corrected chi connectivity index (χ1v) is 8.25. The van der Waals surface area contributed by atoms with Crippen molar-refractivity contribution >= 4 is 15.8 Å². The number of hydrogen-bond donors (Lipinski definition) is 1. The highest BCUT2D eigenvalue weighted by atomic mass is 32.2. The number of nitrogens with one attached hydrogen (secondary N) is 1. The molecule has 0 atom stereocenters. The van der Waals surface area contributed by atoms with Gasteiger partial charge in [0.1, 0.15) is 0 Å². The molecular weight excluding hydrogens is 321 g/mol. The van der Waals surface area contributed by atoms with Crippen molar-refractivity contribution in [3.63, 3.8) is 0 Å². The van der Waals surface area contributed by atoms with E-state index in [1.165, 1.54) is 44.4 Å². The Bertz CT molecular complexity index is 834. The molecule has 0 saturated heterocycles. The molecule has 0 fully saturated rings. The number of ketones is 1. The fourth-order valence-electron chi connectivity index (χ4n) is 1.96. The molecule has 0 spiro atoms. The molecule has 122 valence electrons. The number of carbonyl (C=O) groups is 1. The largest absolute Gasteiger partial charge is 0.494 e. The summed E-state index contributed by atoms with van der Waals surface area (Å²) >= 11 is 0. The van der Waals surface area contributed by atoms with Crippen molar-refractivity contribution in [3.05, 3.63) is 59.4 Å². The minimum atomic E-state index is -3.80. The van der Waals surface area contributed by atoms with Gasteiger partial charge in [-0.15, -0.1) is 0 Å². The lowest BCUT2D eigenvalue weighted by atomic mass is 10.2. The molecule has 0 aliphatic carbocycles. The highest BCUT2D eigenvalue weighted by molar-refractivity contribution is 7.89. The van der Waals surface area contributed by atoms with Crippen molar-refractivity contribution < 1.29 is 22.3 Å². The Labute approximate surface area is 134 Å². The predicted octanol–water partition coefficient (Wildman–Crippen LogP) is 2.52. The van der Waals surface area contributed by atoms with Crippen LogP contribution in [0.1, 0.15) is 22.8 Å². The second kappa shape index (κ2) is 6.89. The van der Waals surface area contributed by atoms with E-state index in [0.717, 1.165) is 0 Å². The first-order chi connectivity index (χ1) is 10.8. The Morgan fingerprint density at radius 3 is 2.57 bits per heavy atom. The zero-order valence-corrected chi connectivity index (χ0v) is 13.5. The van der Waals surface area contributed by atoms with Crippen LogP contribution in [-0.4, -0.2) is 21.3 Å². The summed E-state index contributed by atoms with van der Waals surface area (Å²) in [4.78, 5) is 11.3. The van der Waals surface area contributed by atoms with Gasteiger partial charge in [-0.05, 0) is 36.8 Å². The number of benzene rings is 2. The molecule has 0 amide bonds. The van der Waals surface area contributed by atoms with Crippen molar-refractivity contribution in [2.24, 2.45) is 0 Å². The van der Waals surface area contributed by atoms with Crippen molar-refractivity contribution in [2.45, 2.75) is 18.4 Å². The third kappa shape index (κ3) is 4.14. The highest BCUT2D eigenvalue weighted by Gasteiger charge is 2.15. The zero-order chi connectivity index (χ0) is 17.0. The van der Waals surface area contributed by atoms with E-state index in [2.05, 4.69) is 4.72 Å². The van der Waals surface area contributed by atoms with Gasteiger partial charge in [-0.3, -0.25) is 4.79 Å². The van der Waals surface area contributed by atoms with Gasteiger partial charge in [-0.1, -0.05) is 18.2 Å². The van der Waals surface area contributed by atoms with Crippen LogP contribution in [0.2, 0.25) is 0 Å². The molecule has 2 aromatic carbocycles. The number of carbonyl (C=O) groups excluding carboxylic acids is 1. The fraction of sp³-hybridized carbons (Fsp3) is 0.188. The van der Waals surface area contributed by atoms with Gasteiger partial charge >= 0.3 is 0 Å². The summed E-state index contributed by atoms with van der Waals surface area (Å²) in [7, 11) is -2.45. The van der Waals surface area contributed by atoms with E-state index in [1.54, 1.807) is 12.1 Å². The molecule has 0 saturated carbocycles. The molecule has 2 aromatic rings. The molecule has 0 radical (unpaired) electrons. The average Bonchev–Trinajstić information content (AvgIpc) is 2.53. The number of halogens is 1. The van der Waals surface area contributed by atoms with E-state index < -0.39 is 15.8 Å². The fourth-order valence-corrected chi connectivity index (χ4v) is 3.03. The van der Waals surface area contributed by atoms with E-state index >= 15 is 0 Å². The normalized spacial score (nSPS) is 11.3. The average molecular weight is 337 g/mol. The van der Waals surface area contributed by atoms with Crippen LogP contribution in [0.3, 0.4) is 0 Å². The molecule has 7 heteroatoms. The first kappa shape index (κ1) is 17.1. The SMILES string of the molecule is COc1ccc(CNS(=O)(=O)c2cccc(C(C)=O)c2)cc1F. The standard InChI is InChI=1S/C16H16FNO4S/c1-11(19)13-4-3-5-14(9-13)23(20,21)18-10-12-6-7-16(22-2)15(17)8-12/h3-9,18H,10H2,1-2H3. The van der Waals surface area contributed by atoms with Crippen molar-refractivity contribution in [1.29, 1.82) is 0 Å². The number of sulfonamides is 1. The summed E-state index contributed by atoms with van der Waals surface area (Å²) < 4.78 is 45.3. The van der Waals surface area contributed by atoms with Gasteiger partial charge < -0.3 is 4.74 Å². The first-order valence-electron chi connectivity index (χ1n) is 6.76. The third-order valence-corrected chi connectivity index (χ3v) is 4.63. The summed E-state index contributed by atoms with van der Waals surface area (Å²) in [6.07, 6.45) is 0. The third-order valence-electron chi connectivity index (χ3n) is 3.23. The summed E-state index contributed by atoms with van der Waals surface area (Å²) in [6.45, 7) is 1.28. The van der Waals surface area contributed by atoms with Crippen LogP contribution in [0.4, 0.5) is 4.39 Å². The molecule has 0 aliphatic heterocycles. The number of ether oxygens (including phenoxy) is 1. The van der Waals surface area contributed by atoms with Crippen LogP contribution in [0, 0.1) is 5.82 Å². The maximum Gasteiger partial charge on any atom is 0.240 e. The van der Waals surface area contributed by atoms with Crippen LogP contribution < -0.4 is 9.46 Å². The molecule has 2 rings (SSSR count). The lowest BCUT2D eigenvalue weighted by Crippen LogP contribution is -2.23. The Kier molecular flexibility index (Phi) is 5.12. The van der Waals surface area contributed by atoms with E-state index in [0.29, 0.717) is 11.1 Å². The van der Waals surface area contributed by atoms with Gasteiger partial charge in [0.2, 0.25) is 10.0 Å². The minimum Gasteiger partial charge on any atom is -0.494 e. The van der Waals surface area contributed by atoms with Gasteiger partial charge in [0, 0.05) is 12.1 Å². The van der Waals surface area contributed by atoms with Crippen molar-refractivity contribution in [1.82, 2.24) is 4.72 Å². The van der Waals surface area contributed by atoms with Crippen LogP contribution in [0.5, 0.6) is 5.75 Å². The smallest absolute Gasteiger partial charge is 0.240 e. The zero-order valence-electron chi connectivity index (χ0n) is 12.7. The molecule has 0 unspecified atom stereocenters. The van der Waals surface area contributed by atoms with E-state index in [9.17, 15) is 17.6 Å². The summed E-state index contributed by atoms with van der Waals surface area (Å²) in [5.41, 5.74) is 0.762. The molecular formula is C16H16FNO4S. The lowest BCUT2D eigenvalue weighted by Gasteiger charge is -2.09. The number of rotatable bonds is 6. The Balaban J connectivity index is 2.17. The quantitative estimate of drug-likeness (QED) is 0.822. The molecule has 1 N–H and O–H groups in total. The van der Waals surface area contributed by atoms with E-state index in [1.807, 2.05) is 0 Å². The summed E-state index contributed by atoms with van der Waals surface area (Å²) in [5.74, 6) is -0.701. The molecule has 23 heavy (non-hydrogen) atoms.